The molecule has 2 aliphatic rings. The lowest BCUT2D eigenvalue weighted by atomic mass is 9.85. The molecule has 2 atom stereocenters. The van der Waals surface area contributed by atoms with E-state index in [4.69, 9.17) is 20.8 Å². The SMILES string of the molecule is [C-]#[N+]c1ccc(NC2CCC3(CC2NC(=O)OC(C)(C)C)OCCO3)cc1C. The van der Waals surface area contributed by atoms with Crippen molar-refractivity contribution in [3.05, 3.63) is 35.2 Å². The van der Waals surface area contributed by atoms with Crippen molar-refractivity contribution in [1.29, 1.82) is 0 Å². The van der Waals surface area contributed by atoms with Crippen LogP contribution in [0.25, 0.3) is 4.85 Å². The Kier molecular flexibility index (Phi) is 5.82. The highest BCUT2D eigenvalue weighted by molar-refractivity contribution is 5.68. The third kappa shape index (κ3) is 4.94. The van der Waals surface area contributed by atoms with E-state index >= 15 is 0 Å². The van der Waals surface area contributed by atoms with Crippen molar-refractivity contribution in [2.24, 2.45) is 0 Å². The fourth-order valence-electron chi connectivity index (χ4n) is 3.78. The summed E-state index contributed by atoms with van der Waals surface area (Å²) in [7, 11) is 0. The lowest BCUT2D eigenvalue weighted by Gasteiger charge is -2.42. The Bertz CT molecular complexity index is 760. The lowest BCUT2D eigenvalue weighted by molar-refractivity contribution is -0.182. The molecule has 2 fully saturated rings. The maximum Gasteiger partial charge on any atom is 0.407 e. The van der Waals surface area contributed by atoms with Gasteiger partial charge in [-0.3, -0.25) is 0 Å². The Hall–Kier alpha value is -2.30. The minimum absolute atomic E-state index is 0.00383. The van der Waals surface area contributed by atoms with Crippen molar-refractivity contribution in [1.82, 2.24) is 5.32 Å². The summed E-state index contributed by atoms with van der Waals surface area (Å²) in [5.41, 5.74) is 1.93. The minimum atomic E-state index is -0.623. The first-order valence-electron chi connectivity index (χ1n) is 9.72. The third-order valence-corrected chi connectivity index (χ3v) is 5.04. The Morgan fingerprint density at radius 3 is 2.61 bits per heavy atom. The van der Waals surface area contributed by atoms with E-state index in [1.54, 1.807) is 0 Å². The Labute approximate surface area is 166 Å². The average molecular weight is 387 g/mol. The maximum absolute atomic E-state index is 12.4. The molecule has 1 aromatic rings. The van der Waals surface area contributed by atoms with E-state index in [0.29, 0.717) is 25.3 Å². The first-order chi connectivity index (χ1) is 13.2. The van der Waals surface area contributed by atoms with Crippen LogP contribution in [0.4, 0.5) is 16.2 Å². The summed E-state index contributed by atoms with van der Waals surface area (Å²) in [6.45, 7) is 15.8. The molecule has 1 aliphatic heterocycles. The first-order valence-corrected chi connectivity index (χ1v) is 9.72. The molecule has 1 saturated heterocycles. The summed E-state index contributed by atoms with van der Waals surface area (Å²) in [5.74, 6) is -0.623. The molecule has 3 rings (SSSR count). The quantitative estimate of drug-likeness (QED) is 0.763. The number of nitrogens with zero attached hydrogens (tertiary/aromatic N) is 1. The summed E-state index contributed by atoms with van der Waals surface area (Å²) >= 11 is 0. The van der Waals surface area contributed by atoms with Crippen LogP contribution in [0.15, 0.2) is 18.2 Å². The average Bonchev–Trinajstić information content (AvgIpc) is 3.04. The standard InChI is InChI=1S/C21H29N3O4/c1-14-12-15(6-7-16(14)22-5)23-17-8-9-21(26-10-11-27-21)13-18(17)24-19(25)28-20(2,3)4/h6-7,12,17-18,23H,8-11,13H2,1-4H3,(H,24,25). The highest BCUT2D eigenvalue weighted by Gasteiger charge is 2.46. The molecule has 28 heavy (non-hydrogen) atoms. The van der Waals surface area contributed by atoms with Crippen LogP contribution in [-0.4, -0.2) is 42.8 Å². The fourth-order valence-corrected chi connectivity index (χ4v) is 3.78. The monoisotopic (exact) mass is 387 g/mol. The molecule has 2 unspecified atom stereocenters. The predicted octanol–water partition coefficient (Wildman–Crippen LogP) is 4.15. The second-order valence-corrected chi connectivity index (χ2v) is 8.47. The van der Waals surface area contributed by atoms with Crippen LogP contribution in [0.3, 0.4) is 0 Å². The second-order valence-electron chi connectivity index (χ2n) is 8.47. The topological polar surface area (TPSA) is 73.2 Å². The largest absolute Gasteiger partial charge is 0.444 e. The zero-order valence-electron chi connectivity index (χ0n) is 17.0. The predicted molar refractivity (Wildman–Crippen MR) is 106 cm³/mol. The van der Waals surface area contributed by atoms with Crippen molar-refractivity contribution in [3.63, 3.8) is 0 Å². The van der Waals surface area contributed by atoms with Gasteiger partial charge in [0.25, 0.3) is 0 Å². The molecule has 152 valence electrons. The number of hydrogen-bond acceptors (Lipinski definition) is 5. The summed E-state index contributed by atoms with van der Waals surface area (Å²) in [4.78, 5) is 15.9. The summed E-state index contributed by atoms with van der Waals surface area (Å²) in [5, 5.41) is 6.52. The zero-order chi connectivity index (χ0) is 20.4. The molecule has 0 radical (unpaired) electrons. The number of alkyl carbamates (subject to hydrolysis) is 1. The van der Waals surface area contributed by atoms with E-state index in [2.05, 4.69) is 15.5 Å². The molecule has 1 spiro atoms. The van der Waals surface area contributed by atoms with E-state index < -0.39 is 17.5 Å². The van der Waals surface area contributed by atoms with Crippen LogP contribution in [0.5, 0.6) is 0 Å². The van der Waals surface area contributed by atoms with Crippen LogP contribution < -0.4 is 10.6 Å². The second kappa shape index (κ2) is 7.98. The summed E-state index contributed by atoms with van der Waals surface area (Å²) in [6, 6.07) is 5.48. The number of ether oxygens (including phenoxy) is 3. The smallest absolute Gasteiger partial charge is 0.407 e. The van der Waals surface area contributed by atoms with Crippen LogP contribution in [0, 0.1) is 13.5 Å². The van der Waals surface area contributed by atoms with Crippen molar-refractivity contribution in [3.8, 4) is 0 Å². The Morgan fingerprint density at radius 2 is 2.00 bits per heavy atom. The fraction of sp³-hybridized carbons (Fsp3) is 0.619. The van der Waals surface area contributed by atoms with E-state index in [9.17, 15) is 4.79 Å². The number of anilines is 1. The molecule has 7 nitrogen and oxygen atoms in total. The number of hydrogen-bond donors (Lipinski definition) is 2. The van der Waals surface area contributed by atoms with Gasteiger partial charge in [-0.15, -0.1) is 0 Å². The first kappa shape index (κ1) is 20.4. The van der Waals surface area contributed by atoms with Gasteiger partial charge in [-0.05, 0) is 51.8 Å². The number of aryl methyl sites for hydroxylation is 1. The van der Waals surface area contributed by atoms with E-state index in [1.807, 2.05) is 45.9 Å². The molecular formula is C21H29N3O4. The van der Waals surface area contributed by atoms with Gasteiger partial charge in [0.15, 0.2) is 11.5 Å². The molecule has 2 N–H and O–H groups in total. The van der Waals surface area contributed by atoms with Crippen LogP contribution in [0.2, 0.25) is 0 Å². The normalized spacial score (nSPS) is 23.8. The number of benzene rings is 1. The molecule has 1 heterocycles. The van der Waals surface area contributed by atoms with Gasteiger partial charge < -0.3 is 24.8 Å². The van der Waals surface area contributed by atoms with Gasteiger partial charge in [-0.2, -0.15) is 0 Å². The summed E-state index contributed by atoms with van der Waals surface area (Å²) in [6.07, 6.45) is 1.66. The zero-order valence-corrected chi connectivity index (χ0v) is 17.0. The number of carbonyl (C=O) groups excluding carboxylic acids is 1. The third-order valence-electron chi connectivity index (χ3n) is 5.04. The lowest BCUT2D eigenvalue weighted by Crippen LogP contribution is -2.56. The van der Waals surface area contributed by atoms with E-state index in [0.717, 1.165) is 24.1 Å². The van der Waals surface area contributed by atoms with Gasteiger partial charge in [0.1, 0.15) is 5.60 Å². The number of carbonyl (C=O) groups is 1. The van der Waals surface area contributed by atoms with Gasteiger partial charge in [-0.25, -0.2) is 9.64 Å². The van der Waals surface area contributed by atoms with Crippen molar-refractivity contribution < 1.29 is 19.0 Å². The molecule has 0 aromatic heterocycles. The molecule has 1 aliphatic carbocycles. The van der Waals surface area contributed by atoms with Gasteiger partial charge in [0, 0.05) is 24.6 Å². The number of rotatable bonds is 3. The van der Waals surface area contributed by atoms with Crippen molar-refractivity contribution in [2.45, 2.75) is 70.4 Å². The molecule has 1 amide bonds. The molecule has 0 bridgehead atoms. The van der Waals surface area contributed by atoms with Crippen LogP contribution in [0.1, 0.15) is 45.6 Å². The van der Waals surface area contributed by atoms with Crippen molar-refractivity contribution >= 4 is 17.5 Å². The Morgan fingerprint density at radius 1 is 1.29 bits per heavy atom. The minimum Gasteiger partial charge on any atom is -0.444 e. The van der Waals surface area contributed by atoms with Gasteiger partial charge >= 0.3 is 6.09 Å². The summed E-state index contributed by atoms with van der Waals surface area (Å²) < 4.78 is 17.2. The molecule has 1 saturated carbocycles. The maximum atomic E-state index is 12.4. The molecule has 7 heteroatoms. The van der Waals surface area contributed by atoms with Gasteiger partial charge in [0.05, 0.1) is 25.8 Å². The van der Waals surface area contributed by atoms with E-state index in [-0.39, 0.29) is 12.1 Å². The van der Waals surface area contributed by atoms with Gasteiger partial charge in [-0.1, -0.05) is 6.07 Å². The Balaban J connectivity index is 1.74. The number of amides is 1. The molecule has 1 aromatic carbocycles. The van der Waals surface area contributed by atoms with Crippen LogP contribution in [-0.2, 0) is 14.2 Å². The highest BCUT2D eigenvalue weighted by Crippen LogP contribution is 2.37. The van der Waals surface area contributed by atoms with E-state index in [1.165, 1.54) is 0 Å². The molecular weight excluding hydrogens is 358 g/mol. The number of nitrogens with one attached hydrogen (secondary N) is 2. The van der Waals surface area contributed by atoms with Gasteiger partial charge in [0.2, 0.25) is 0 Å². The van der Waals surface area contributed by atoms with Crippen molar-refractivity contribution in [2.75, 3.05) is 18.5 Å². The highest BCUT2D eigenvalue weighted by atomic mass is 16.7. The van der Waals surface area contributed by atoms with Crippen LogP contribution >= 0.6 is 0 Å².